The maximum atomic E-state index is 12.3. The average Bonchev–Trinajstić information content (AvgIpc) is 3.11. The van der Waals surface area contributed by atoms with Crippen LogP contribution in [0.15, 0.2) is 41.4 Å². The number of nitrogens with one attached hydrogen (secondary N) is 2. The van der Waals surface area contributed by atoms with E-state index in [1.165, 1.54) is 11.3 Å². The standard InChI is InChI=1S/C16H14BrN5OS2/c1-3-8-22-13(20-21-16(22)24)12-9(2)18-15(25-12)19-14(23)10-4-6-11(17)7-5-10/h3-7H,1,8H2,2H3,(H,21,24)(H,18,19,23). The van der Waals surface area contributed by atoms with Crippen LogP contribution in [-0.4, -0.2) is 25.7 Å². The maximum absolute atomic E-state index is 12.3. The van der Waals surface area contributed by atoms with E-state index in [1.54, 1.807) is 18.2 Å². The van der Waals surface area contributed by atoms with Crippen molar-refractivity contribution in [1.29, 1.82) is 0 Å². The SMILES string of the molecule is C=CCn1c(-c2sc(NC(=O)c3ccc(Br)cc3)nc2C)n[nH]c1=S. The Balaban J connectivity index is 1.88. The van der Waals surface area contributed by atoms with E-state index < -0.39 is 0 Å². The van der Waals surface area contributed by atoms with E-state index in [0.717, 1.165) is 15.0 Å². The minimum Gasteiger partial charge on any atom is -0.298 e. The van der Waals surface area contributed by atoms with Gasteiger partial charge in [-0.25, -0.2) is 4.98 Å². The number of rotatable bonds is 5. The van der Waals surface area contributed by atoms with Crippen LogP contribution >= 0.6 is 39.5 Å². The lowest BCUT2D eigenvalue weighted by molar-refractivity contribution is 0.102. The van der Waals surface area contributed by atoms with Gasteiger partial charge in [-0.2, -0.15) is 5.10 Å². The molecule has 0 saturated carbocycles. The first-order chi connectivity index (χ1) is 12.0. The number of aryl methyl sites for hydroxylation is 1. The minimum atomic E-state index is -0.210. The number of allylic oxidation sites excluding steroid dienone is 1. The Morgan fingerprint density at radius 1 is 1.48 bits per heavy atom. The first-order valence-electron chi connectivity index (χ1n) is 7.30. The van der Waals surface area contributed by atoms with E-state index in [2.05, 4.69) is 43.0 Å². The molecular weight excluding hydrogens is 422 g/mol. The van der Waals surface area contributed by atoms with Crippen LogP contribution in [0.1, 0.15) is 16.1 Å². The highest BCUT2D eigenvalue weighted by atomic mass is 79.9. The van der Waals surface area contributed by atoms with Crippen LogP contribution in [0.3, 0.4) is 0 Å². The predicted octanol–water partition coefficient (Wildman–Crippen LogP) is 4.57. The number of benzene rings is 1. The zero-order valence-corrected chi connectivity index (χ0v) is 16.5. The summed E-state index contributed by atoms with van der Waals surface area (Å²) in [6.45, 7) is 6.15. The number of amides is 1. The third-order valence-electron chi connectivity index (χ3n) is 3.40. The summed E-state index contributed by atoms with van der Waals surface area (Å²) in [6, 6.07) is 7.13. The lowest BCUT2D eigenvalue weighted by Gasteiger charge is -2.02. The molecule has 0 saturated heterocycles. The van der Waals surface area contributed by atoms with Gasteiger partial charge >= 0.3 is 0 Å². The van der Waals surface area contributed by atoms with E-state index >= 15 is 0 Å². The highest BCUT2D eigenvalue weighted by molar-refractivity contribution is 9.10. The molecule has 2 heterocycles. The third-order valence-corrected chi connectivity index (χ3v) is 5.31. The smallest absolute Gasteiger partial charge is 0.257 e. The molecule has 0 radical (unpaired) electrons. The van der Waals surface area contributed by atoms with Crippen molar-refractivity contribution in [3.8, 4) is 10.7 Å². The van der Waals surface area contributed by atoms with E-state index in [0.29, 0.717) is 27.8 Å². The van der Waals surface area contributed by atoms with Crippen LogP contribution < -0.4 is 5.32 Å². The topological polar surface area (TPSA) is 75.6 Å². The van der Waals surface area contributed by atoms with E-state index in [-0.39, 0.29) is 5.91 Å². The van der Waals surface area contributed by atoms with Crippen LogP contribution in [0.2, 0.25) is 0 Å². The molecule has 6 nitrogen and oxygen atoms in total. The van der Waals surface area contributed by atoms with Crippen molar-refractivity contribution in [3.05, 3.63) is 57.4 Å². The fourth-order valence-corrected chi connectivity index (χ4v) is 3.65. The van der Waals surface area contributed by atoms with Gasteiger partial charge in [0.25, 0.3) is 5.91 Å². The van der Waals surface area contributed by atoms with Crippen molar-refractivity contribution in [3.63, 3.8) is 0 Å². The Morgan fingerprint density at radius 2 is 2.20 bits per heavy atom. The molecule has 3 aromatic rings. The number of hydrogen-bond donors (Lipinski definition) is 2. The van der Waals surface area contributed by atoms with Crippen LogP contribution in [0.5, 0.6) is 0 Å². The Hall–Kier alpha value is -2.10. The number of carbonyl (C=O) groups is 1. The van der Waals surface area contributed by atoms with Crippen molar-refractivity contribution in [1.82, 2.24) is 19.7 Å². The average molecular weight is 436 g/mol. The summed E-state index contributed by atoms with van der Waals surface area (Å²) in [6.07, 6.45) is 1.75. The molecule has 0 aliphatic carbocycles. The second kappa shape index (κ2) is 7.42. The largest absolute Gasteiger partial charge is 0.298 e. The molecule has 0 aliphatic heterocycles. The molecule has 0 unspecified atom stereocenters. The van der Waals surface area contributed by atoms with Gasteiger partial charge in [-0.05, 0) is 43.4 Å². The monoisotopic (exact) mass is 435 g/mol. The second-order valence-corrected chi connectivity index (χ2v) is 7.45. The van der Waals surface area contributed by atoms with Gasteiger partial charge in [-0.3, -0.25) is 19.8 Å². The molecule has 2 aromatic heterocycles. The van der Waals surface area contributed by atoms with Crippen molar-refractivity contribution in [2.75, 3.05) is 5.32 Å². The minimum absolute atomic E-state index is 0.210. The van der Waals surface area contributed by atoms with Gasteiger partial charge in [-0.1, -0.05) is 33.3 Å². The number of nitrogens with zero attached hydrogens (tertiary/aromatic N) is 3. The summed E-state index contributed by atoms with van der Waals surface area (Å²) in [5.41, 5.74) is 1.34. The normalized spacial score (nSPS) is 10.6. The molecule has 1 amide bonds. The molecule has 0 aliphatic rings. The van der Waals surface area contributed by atoms with E-state index in [4.69, 9.17) is 12.2 Å². The molecule has 0 bridgehead atoms. The quantitative estimate of drug-likeness (QED) is 0.454. The summed E-state index contributed by atoms with van der Waals surface area (Å²) in [5.74, 6) is 0.474. The molecule has 2 N–H and O–H groups in total. The van der Waals surface area contributed by atoms with Gasteiger partial charge < -0.3 is 0 Å². The fraction of sp³-hybridized carbons (Fsp3) is 0.125. The zero-order chi connectivity index (χ0) is 18.0. The highest BCUT2D eigenvalue weighted by Crippen LogP contribution is 2.32. The van der Waals surface area contributed by atoms with Crippen LogP contribution in [0, 0.1) is 11.7 Å². The number of halogens is 1. The number of aromatic amines is 1. The van der Waals surface area contributed by atoms with Gasteiger partial charge in [0.2, 0.25) is 0 Å². The third kappa shape index (κ3) is 3.78. The van der Waals surface area contributed by atoms with E-state index in [9.17, 15) is 4.79 Å². The highest BCUT2D eigenvalue weighted by Gasteiger charge is 2.17. The maximum Gasteiger partial charge on any atom is 0.257 e. The van der Waals surface area contributed by atoms with Crippen LogP contribution in [-0.2, 0) is 6.54 Å². The molecule has 0 fully saturated rings. The lowest BCUT2D eigenvalue weighted by Crippen LogP contribution is -2.11. The van der Waals surface area contributed by atoms with Crippen molar-refractivity contribution >= 4 is 50.5 Å². The summed E-state index contributed by atoms with van der Waals surface area (Å²) >= 11 is 9.95. The van der Waals surface area contributed by atoms with E-state index in [1.807, 2.05) is 23.6 Å². The Bertz CT molecular complexity index is 987. The Morgan fingerprint density at radius 3 is 2.88 bits per heavy atom. The number of aromatic nitrogens is 4. The molecule has 3 rings (SSSR count). The summed E-state index contributed by atoms with van der Waals surface area (Å²) < 4.78 is 3.27. The molecular formula is C16H14BrN5OS2. The molecule has 25 heavy (non-hydrogen) atoms. The second-order valence-electron chi connectivity index (χ2n) is 5.15. The van der Waals surface area contributed by atoms with Gasteiger partial charge in [0.15, 0.2) is 15.7 Å². The van der Waals surface area contributed by atoms with Crippen molar-refractivity contribution in [2.45, 2.75) is 13.5 Å². The number of carbonyl (C=O) groups excluding carboxylic acids is 1. The first kappa shape index (κ1) is 17.7. The van der Waals surface area contributed by atoms with Crippen molar-refractivity contribution in [2.24, 2.45) is 0 Å². The summed E-state index contributed by atoms with van der Waals surface area (Å²) in [7, 11) is 0. The van der Waals surface area contributed by atoms with Gasteiger partial charge in [0, 0.05) is 16.6 Å². The Kier molecular flexibility index (Phi) is 5.26. The molecule has 0 atom stereocenters. The number of thiazole rings is 1. The lowest BCUT2D eigenvalue weighted by atomic mass is 10.2. The summed E-state index contributed by atoms with van der Waals surface area (Å²) in [4.78, 5) is 17.6. The zero-order valence-electron chi connectivity index (χ0n) is 13.2. The predicted molar refractivity (Wildman–Crippen MR) is 106 cm³/mol. The molecule has 9 heteroatoms. The van der Waals surface area contributed by atoms with Crippen LogP contribution in [0.25, 0.3) is 10.7 Å². The Labute approximate surface area is 161 Å². The number of hydrogen-bond acceptors (Lipinski definition) is 5. The number of anilines is 1. The molecule has 128 valence electrons. The molecule has 0 spiro atoms. The van der Waals surface area contributed by atoms with Crippen LogP contribution in [0.4, 0.5) is 5.13 Å². The summed E-state index contributed by atoms with van der Waals surface area (Å²) in [5, 5.41) is 10.4. The van der Waals surface area contributed by atoms with Gasteiger partial charge in [-0.15, -0.1) is 6.58 Å². The number of H-pyrrole nitrogens is 1. The van der Waals surface area contributed by atoms with Gasteiger partial charge in [0.05, 0.1) is 10.6 Å². The van der Waals surface area contributed by atoms with Crippen molar-refractivity contribution < 1.29 is 4.79 Å². The first-order valence-corrected chi connectivity index (χ1v) is 9.32. The molecule has 1 aromatic carbocycles. The fourth-order valence-electron chi connectivity index (χ4n) is 2.22. The van der Waals surface area contributed by atoms with Gasteiger partial charge in [0.1, 0.15) is 0 Å².